The van der Waals surface area contributed by atoms with Crippen molar-refractivity contribution in [3.8, 4) is 23.3 Å². The lowest BCUT2D eigenvalue weighted by molar-refractivity contribution is -0.139. The van der Waals surface area contributed by atoms with Crippen LogP contribution in [-0.4, -0.2) is 28.6 Å². The van der Waals surface area contributed by atoms with Gasteiger partial charge in [-0.15, -0.1) is 0 Å². The van der Waals surface area contributed by atoms with Gasteiger partial charge in [0.25, 0.3) is 5.91 Å². The third-order valence-corrected chi connectivity index (χ3v) is 5.50. The van der Waals surface area contributed by atoms with Crippen LogP contribution in [0.1, 0.15) is 33.8 Å². The summed E-state index contributed by atoms with van der Waals surface area (Å²) in [5, 5.41) is 21.8. The average Bonchev–Trinajstić information content (AvgIpc) is 3.31. The van der Waals surface area contributed by atoms with Crippen LogP contribution in [0.4, 0.5) is 5.69 Å². The minimum absolute atomic E-state index is 0.195. The first-order valence-corrected chi connectivity index (χ1v) is 10.4. The summed E-state index contributed by atoms with van der Waals surface area (Å²) in [6, 6.07) is 16.6. The molecule has 1 atom stereocenters. The molecular weight excluding hydrogens is 438 g/mol. The van der Waals surface area contributed by atoms with E-state index in [9.17, 15) is 20.0 Å². The maximum Gasteiger partial charge on any atom is 0.311 e. The van der Waals surface area contributed by atoms with Gasteiger partial charge >= 0.3 is 5.97 Å². The van der Waals surface area contributed by atoms with Gasteiger partial charge in [0.15, 0.2) is 12.0 Å². The first kappa shape index (κ1) is 21.0. The highest BCUT2D eigenvalue weighted by atomic mass is 16.5. The Morgan fingerprint density at radius 3 is 2.74 bits per heavy atom. The maximum absolute atomic E-state index is 12.6. The molecule has 3 aromatic carbocycles. The van der Waals surface area contributed by atoms with E-state index in [0.29, 0.717) is 45.8 Å². The van der Waals surface area contributed by atoms with Crippen molar-refractivity contribution >= 4 is 28.7 Å². The van der Waals surface area contributed by atoms with Gasteiger partial charge in [0.1, 0.15) is 28.8 Å². The normalized spacial score (nSPS) is 14.5. The molecule has 0 fully saturated rings. The number of oxazole rings is 1. The molecule has 2 N–H and O–H groups in total. The monoisotopic (exact) mass is 455 g/mol. The largest absolute Gasteiger partial charge is 0.493 e. The van der Waals surface area contributed by atoms with Crippen LogP contribution in [0.5, 0.6) is 17.2 Å². The lowest BCUT2D eigenvalue weighted by Gasteiger charge is -2.24. The van der Waals surface area contributed by atoms with E-state index in [0.717, 1.165) is 0 Å². The number of nitriles is 1. The molecule has 0 spiro atoms. The third kappa shape index (κ3) is 4.00. The van der Waals surface area contributed by atoms with Crippen molar-refractivity contribution in [2.24, 2.45) is 0 Å². The lowest BCUT2D eigenvalue weighted by Crippen LogP contribution is -2.21. The highest BCUT2D eigenvalue weighted by molar-refractivity contribution is 6.04. The van der Waals surface area contributed by atoms with Gasteiger partial charge in [-0.3, -0.25) is 9.59 Å². The van der Waals surface area contributed by atoms with E-state index >= 15 is 0 Å². The smallest absolute Gasteiger partial charge is 0.311 e. The van der Waals surface area contributed by atoms with E-state index in [4.69, 9.17) is 13.9 Å². The number of nitrogens with one attached hydrogen (secondary N) is 1. The molecule has 1 aliphatic rings. The van der Waals surface area contributed by atoms with Gasteiger partial charge in [-0.05, 0) is 48.9 Å². The molecule has 0 saturated heterocycles. The van der Waals surface area contributed by atoms with Crippen molar-refractivity contribution in [3.63, 3.8) is 0 Å². The second-order valence-corrected chi connectivity index (χ2v) is 7.64. The van der Waals surface area contributed by atoms with E-state index in [1.165, 1.54) is 18.5 Å². The zero-order chi connectivity index (χ0) is 23.7. The fourth-order valence-corrected chi connectivity index (χ4v) is 3.78. The topological polar surface area (TPSA) is 135 Å². The van der Waals surface area contributed by atoms with Crippen molar-refractivity contribution in [2.45, 2.75) is 12.3 Å². The van der Waals surface area contributed by atoms with Gasteiger partial charge in [-0.1, -0.05) is 0 Å². The Balaban J connectivity index is 1.33. The Hall–Kier alpha value is -4.84. The summed E-state index contributed by atoms with van der Waals surface area (Å²) in [5.74, 6) is -0.979. The first-order valence-electron chi connectivity index (χ1n) is 10.4. The molecule has 0 aliphatic carbocycles. The molecule has 1 aromatic heterocycles. The summed E-state index contributed by atoms with van der Waals surface area (Å²) in [6.07, 6.45) is 1.68. The summed E-state index contributed by atoms with van der Waals surface area (Å²) < 4.78 is 16.7. The standard InChI is InChI=1S/C25H17N3O6/c26-12-15-9-19-18(25(30)31)7-8-32-22(19)11-21(15)34-17-4-1-14(2-5-17)24(29)28-16-3-6-20-23(10-16)33-13-27-20/h1-6,9-11,13,18H,7-8H2,(H,28,29)(H,30,31). The number of rotatable bonds is 5. The number of ether oxygens (including phenoxy) is 2. The number of hydrogen-bond donors (Lipinski definition) is 2. The number of carboxylic acids is 1. The second kappa shape index (κ2) is 8.60. The summed E-state index contributed by atoms with van der Waals surface area (Å²) in [4.78, 5) is 28.2. The second-order valence-electron chi connectivity index (χ2n) is 7.64. The zero-order valence-electron chi connectivity index (χ0n) is 17.6. The number of carbonyl (C=O) groups is 2. The summed E-state index contributed by atoms with van der Waals surface area (Å²) in [6.45, 7) is 0.266. The minimum atomic E-state index is -0.961. The fraction of sp³-hybridized carbons (Fsp3) is 0.120. The number of carbonyl (C=O) groups excluding carboxylic acids is 1. The van der Waals surface area contributed by atoms with Crippen LogP contribution in [0.25, 0.3) is 11.1 Å². The molecule has 0 radical (unpaired) electrons. The molecule has 34 heavy (non-hydrogen) atoms. The van der Waals surface area contributed by atoms with Crippen molar-refractivity contribution in [2.75, 3.05) is 11.9 Å². The van der Waals surface area contributed by atoms with Gasteiger partial charge in [-0.2, -0.15) is 5.26 Å². The van der Waals surface area contributed by atoms with Crippen LogP contribution in [0.15, 0.2) is 65.4 Å². The number of hydrogen-bond acceptors (Lipinski definition) is 7. The molecule has 9 heteroatoms. The Labute approximate surface area is 193 Å². The molecular formula is C25H17N3O6. The van der Waals surface area contributed by atoms with Gasteiger partial charge in [0, 0.05) is 28.9 Å². The van der Waals surface area contributed by atoms with E-state index < -0.39 is 11.9 Å². The van der Waals surface area contributed by atoms with Gasteiger partial charge < -0.3 is 24.3 Å². The average molecular weight is 455 g/mol. The van der Waals surface area contributed by atoms with Gasteiger partial charge in [0.05, 0.1) is 18.1 Å². The molecule has 5 rings (SSSR count). The van der Waals surface area contributed by atoms with Gasteiger partial charge in [-0.25, -0.2) is 4.98 Å². The lowest BCUT2D eigenvalue weighted by atomic mass is 9.91. The van der Waals surface area contributed by atoms with Crippen molar-refractivity contribution < 1.29 is 28.6 Å². The molecule has 4 aromatic rings. The number of benzene rings is 3. The SMILES string of the molecule is N#Cc1cc2c(cc1Oc1ccc(C(=O)Nc3ccc4ncoc4c3)cc1)OCCC2C(=O)O. The van der Waals surface area contributed by atoms with Crippen LogP contribution in [-0.2, 0) is 4.79 Å². The van der Waals surface area contributed by atoms with E-state index in [1.807, 2.05) is 6.07 Å². The molecule has 1 unspecified atom stereocenters. The molecule has 168 valence electrons. The van der Waals surface area contributed by atoms with Crippen molar-refractivity contribution in [3.05, 3.63) is 77.7 Å². The van der Waals surface area contributed by atoms with Crippen LogP contribution in [0, 0.1) is 11.3 Å². The molecule has 1 amide bonds. The zero-order valence-corrected chi connectivity index (χ0v) is 17.6. The van der Waals surface area contributed by atoms with Crippen molar-refractivity contribution in [1.29, 1.82) is 5.26 Å². The summed E-state index contributed by atoms with van der Waals surface area (Å²) in [5.41, 5.74) is 2.89. The minimum Gasteiger partial charge on any atom is -0.493 e. The predicted octanol–water partition coefficient (Wildman–Crippen LogP) is 4.69. The summed E-state index contributed by atoms with van der Waals surface area (Å²) in [7, 11) is 0. The highest BCUT2D eigenvalue weighted by Crippen LogP contribution is 2.39. The van der Waals surface area contributed by atoms with Crippen LogP contribution in [0.3, 0.4) is 0 Å². The fourth-order valence-electron chi connectivity index (χ4n) is 3.78. The molecule has 2 heterocycles. The Morgan fingerprint density at radius 1 is 1.15 bits per heavy atom. The number of fused-ring (bicyclic) bond motifs is 2. The number of aromatic nitrogens is 1. The quantitative estimate of drug-likeness (QED) is 0.442. The predicted molar refractivity (Wildman–Crippen MR) is 120 cm³/mol. The van der Waals surface area contributed by atoms with Crippen LogP contribution in [0.2, 0.25) is 0 Å². The van der Waals surface area contributed by atoms with E-state index in [-0.39, 0.29) is 23.8 Å². The van der Waals surface area contributed by atoms with E-state index in [1.54, 1.807) is 42.5 Å². The number of nitrogens with zero attached hydrogens (tertiary/aromatic N) is 2. The Kier molecular flexibility index (Phi) is 5.32. The number of aliphatic carboxylic acids is 1. The number of amides is 1. The Morgan fingerprint density at radius 2 is 1.97 bits per heavy atom. The number of anilines is 1. The van der Waals surface area contributed by atoms with Crippen LogP contribution >= 0.6 is 0 Å². The van der Waals surface area contributed by atoms with Gasteiger partial charge in [0.2, 0.25) is 0 Å². The molecule has 9 nitrogen and oxygen atoms in total. The molecule has 0 bridgehead atoms. The summed E-state index contributed by atoms with van der Waals surface area (Å²) >= 11 is 0. The molecule has 1 aliphatic heterocycles. The number of carboxylic acid groups (broad SMARTS) is 1. The van der Waals surface area contributed by atoms with E-state index in [2.05, 4.69) is 10.3 Å². The molecule has 0 saturated carbocycles. The third-order valence-electron chi connectivity index (χ3n) is 5.50. The maximum atomic E-state index is 12.6. The van der Waals surface area contributed by atoms with Crippen molar-refractivity contribution in [1.82, 2.24) is 4.98 Å². The Bertz CT molecular complexity index is 1450. The first-order chi connectivity index (χ1) is 16.5. The highest BCUT2D eigenvalue weighted by Gasteiger charge is 2.29. The van der Waals surface area contributed by atoms with Crippen LogP contribution < -0.4 is 14.8 Å².